The fraction of sp³-hybridized carbons (Fsp3) is 0.571. The molecule has 4 heterocycles. The summed E-state index contributed by atoms with van der Waals surface area (Å²) in [7, 11) is 1.70. The Morgan fingerprint density at radius 2 is 2.07 bits per heavy atom. The molecule has 1 unspecified atom stereocenters. The highest BCUT2D eigenvalue weighted by molar-refractivity contribution is 5.83. The van der Waals surface area contributed by atoms with Crippen LogP contribution >= 0.6 is 0 Å². The monoisotopic (exact) mass is 410 g/mol. The third-order valence-electron chi connectivity index (χ3n) is 5.74. The van der Waals surface area contributed by atoms with Gasteiger partial charge in [0, 0.05) is 56.7 Å². The predicted molar refractivity (Wildman–Crippen MR) is 115 cm³/mol. The van der Waals surface area contributed by atoms with Gasteiger partial charge in [-0.25, -0.2) is 24.9 Å². The summed E-state index contributed by atoms with van der Waals surface area (Å²) in [6.07, 6.45) is 9.35. The summed E-state index contributed by atoms with van der Waals surface area (Å²) in [6, 6.07) is 0. The Kier molecular flexibility index (Phi) is 6.19. The first-order chi connectivity index (χ1) is 14.6. The van der Waals surface area contributed by atoms with Gasteiger partial charge in [0.25, 0.3) is 0 Å². The summed E-state index contributed by atoms with van der Waals surface area (Å²) >= 11 is 0. The lowest BCUT2D eigenvalue weighted by Crippen LogP contribution is -2.45. The molecular formula is C21H30N8O. The largest absolute Gasteiger partial charge is 0.383 e. The maximum Gasteiger partial charge on any atom is 0.165 e. The second kappa shape index (κ2) is 9.01. The molecule has 4 rings (SSSR count). The van der Waals surface area contributed by atoms with E-state index in [-0.39, 0.29) is 5.41 Å². The minimum Gasteiger partial charge on any atom is -0.383 e. The molecule has 0 radical (unpaired) electrons. The van der Waals surface area contributed by atoms with Gasteiger partial charge < -0.3 is 14.6 Å². The van der Waals surface area contributed by atoms with Gasteiger partial charge in [0.05, 0.1) is 12.9 Å². The molecule has 3 aromatic heterocycles. The zero-order chi connectivity index (χ0) is 21.0. The normalized spacial score (nSPS) is 20.0. The molecule has 0 bridgehead atoms. The van der Waals surface area contributed by atoms with Gasteiger partial charge in [0.1, 0.15) is 17.7 Å². The number of aromatic nitrogens is 6. The molecule has 0 saturated carbocycles. The first-order valence-corrected chi connectivity index (χ1v) is 10.6. The summed E-state index contributed by atoms with van der Waals surface area (Å²) in [5.41, 5.74) is 2.69. The van der Waals surface area contributed by atoms with Crippen molar-refractivity contribution >= 4 is 17.0 Å². The van der Waals surface area contributed by atoms with Crippen molar-refractivity contribution in [1.82, 2.24) is 34.4 Å². The molecule has 1 N–H and O–H groups in total. The predicted octanol–water partition coefficient (Wildman–Crippen LogP) is 2.25. The molecule has 3 aromatic rings. The number of imidazole rings is 1. The van der Waals surface area contributed by atoms with Crippen LogP contribution in [0.3, 0.4) is 0 Å². The van der Waals surface area contributed by atoms with E-state index in [9.17, 15) is 0 Å². The summed E-state index contributed by atoms with van der Waals surface area (Å²) in [6.45, 7) is 9.27. The van der Waals surface area contributed by atoms with Crippen molar-refractivity contribution in [2.24, 2.45) is 0 Å². The summed E-state index contributed by atoms with van der Waals surface area (Å²) in [4.78, 5) is 25.3. The van der Waals surface area contributed by atoms with E-state index in [0.717, 1.165) is 67.4 Å². The second-order valence-electron chi connectivity index (χ2n) is 8.14. The van der Waals surface area contributed by atoms with Gasteiger partial charge >= 0.3 is 0 Å². The van der Waals surface area contributed by atoms with Crippen LogP contribution in [-0.2, 0) is 23.2 Å². The first-order valence-electron chi connectivity index (χ1n) is 10.6. The van der Waals surface area contributed by atoms with E-state index in [1.54, 1.807) is 13.4 Å². The lowest BCUT2D eigenvalue weighted by molar-refractivity contribution is 0.144. The summed E-state index contributed by atoms with van der Waals surface area (Å²) in [5, 5.41) is 3.39. The topological polar surface area (TPSA) is 93.9 Å². The van der Waals surface area contributed by atoms with Crippen LogP contribution in [0, 0.1) is 0 Å². The molecule has 160 valence electrons. The molecule has 9 heteroatoms. The van der Waals surface area contributed by atoms with E-state index < -0.39 is 0 Å². The molecule has 0 aromatic carbocycles. The van der Waals surface area contributed by atoms with Crippen molar-refractivity contribution in [2.75, 3.05) is 38.7 Å². The number of ether oxygens (including phenoxy) is 1. The number of nitrogens with one attached hydrogen (secondary N) is 1. The molecule has 1 aliphatic rings. The smallest absolute Gasteiger partial charge is 0.165 e. The molecule has 9 nitrogen and oxygen atoms in total. The lowest BCUT2D eigenvalue weighted by Gasteiger charge is -2.39. The van der Waals surface area contributed by atoms with Crippen molar-refractivity contribution in [3.63, 3.8) is 0 Å². The molecule has 0 amide bonds. The van der Waals surface area contributed by atoms with Gasteiger partial charge in [-0.15, -0.1) is 0 Å². The first kappa shape index (κ1) is 20.6. The van der Waals surface area contributed by atoms with E-state index in [4.69, 9.17) is 14.7 Å². The average molecular weight is 411 g/mol. The van der Waals surface area contributed by atoms with Crippen molar-refractivity contribution in [3.05, 3.63) is 36.4 Å². The number of hydrogen-bond acceptors (Lipinski definition) is 8. The number of methoxy groups -OCH3 is 1. The van der Waals surface area contributed by atoms with E-state index in [0.29, 0.717) is 13.2 Å². The van der Waals surface area contributed by atoms with Gasteiger partial charge in [-0.3, -0.25) is 4.90 Å². The van der Waals surface area contributed by atoms with Crippen LogP contribution in [-0.4, -0.2) is 67.7 Å². The molecule has 1 saturated heterocycles. The highest BCUT2D eigenvalue weighted by Crippen LogP contribution is 2.34. The van der Waals surface area contributed by atoms with Crippen LogP contribution in [0.5, 0.6) is 0 Å². The minimum atomic E-state index is -0.136. The second-order valence-corrected chi connectivity index (χ2v) is 8.14. The zero-order valence-electron chi connectivity index (χ0n) is 18.0. The molecule has 1 atom stereocenters. The fourth-order valence-electron chi connectivity index (χ4n) is 4.17. The van der Waals surface area contributed by atoms with Gasteiger partial charge in [-0.2, -0.15) is 0 Å². The van der Waals surface area contributed by atoms with Crippen LogP contribution in [0.15, 0.2) is 25.0 Å². The molecule has 30 heavy (non-hydrogen) atoms. The van der Waals surface area contributed by atoms with Crippen molar-refractivity contribution in [2.45, 2.75) is 45.2 Å². The lowest BCUT2D eigenvalue weighted by atomic mass is 9.81. The Balaban J connectivity index is 1.64. The zero-order valence-corrected chi connectivity index (χ0v) is 18.0. The van der Waals surface area contributed by atoms with E-state index in [2.05, 4.69) is 43.6 Å². The maximum atomic E-state index is 5.19. The van der Waals surface area contributed by atoms with Gasteiger partial charge in [-0.1, -0.05) is 6.92 Å². The van der Waals surface area contributed by atoms with Crippen LogP contribution in [0.4, 0.5) is 5.82 Å². The third kappa shape index (κ3) is 4.27. The molecule has 0 spiro atoms. The number of likely N-dealkylation sites (tertiary alicyclic amines) is 1. The van der Waals surface area contributed by atoms with Crippen LogP contribution in [0.1, 0.15) is 38.1 Å². The Morgan fingerprint density at radius 1 is 1.23 bits per heavy atom. The average Bonchev–Trinajstić information content (AvgIpc) is 3.18. The van der Waals surface area contributed by atoms with Crippen molar-refractivity contribution in [1.29, 1.82) is 0 Å². The van der Waals surface area contributed by atoms with E-state index >= 15 is 0 Å². The number of rotatable bonds is 8. The van der Waals surface area contributed by atoms with Crippen LogP contribution in [0.2, 0.25) is 0 Å². The van der Waals surface area contributed by atoms with Crippen LogP contribution in [0.25, 0.3) is 11.2 Å². The van der Waals surface area contributed by atoms with Crippen molar-refractivity contribution < 1.29 is 4.74 Å². The van der Waals surface area contributed by atoms with Crippen molar-refractivity contribution in [3.8, 4) is 0 Å². The molecule has 0 aliphatic carbocycles. The Hall–Kier alpha value is -2.65. The number of hydrogen-bond donors (Lipinski definition) is 1. The number of fused-ring (bicyclic) bond motifs is 1. The molecule has 1 aliphatic heterocycles. The fourth-order valence-corrected chi connectivity index (χ4v) is 4.17. The number of aryl methyl sites for hydroxylation is 1. The van der Waals surface area contributed by atoms with E-state index in [1.165, 1.54) is 0 Å². The molecule has 1 fully saturated rings. The van der Waals surface area contributed by atoms with Crippen LogP contribution < -0.4 is 5.32 Å². The molecular weight excluding hydrogens is 380 g/mol. The Morgan fingerprint density at radius 3 is 2.83 bits per heavy atom. The van der Waals surface area contributed by atoms with Gasteiger partial charge in [-0.05, 0) is 26.3 Å². The number of nitrogens with zero attached hydrogens (tertiary/aromatic N) is 7. The number of anilines is 1. The summed E-state index contributed by atoms with van der Waals surface area (Å²) < 4.78 is 7.27. The Labute approximate surface area is 176 Å². The SMILES string of the molecule is CCn1cnc2c(NCCOC)nc(C3(C)CCCN(Cc4cncnc4)C3)nc21. The number of piperidine rings is 1. The highest BCUT2D eigenvalue weighted by atomic mass is 16.5. The quantitative estimate of drug-likeness (QED) is 0.565. The maximum absolute atomic E-state index is 5.19. The highest BCUT2D eigenvalue weighted by Gasteiger charge is 2.36. The van der Waals surface area contributed by atoms with Gasteiger partial charge in [0.2, 0.25) is 0 Å². The van der Waals surface area contributed by atoms with E-state index in [1.807, 2.05) is 18.7 Å². The third-order valence-corrected chi connectivity index (χ3v) is 5.74. The Bertz CT molecular complexity index is 976. The standard InChI is InChI=1S/C21H30N8O/c1-4-29-15-25-17-18(24-7-9-30-3)26-20(27-19(17)29)21(2)6-5-8-28(13-21)12-16-10-22-14-23-11-16/h10-11,14-15H,4-9,12-13H2,1-3H3,(H,24,26,27). The minimum absolute atomic E-state index is 0.136. The summed E-state index contributed by atoms with van der Waals surface area (Å²) in [5.74, 6) is 1.66. The van der Waals surface area contributed by atoms with Gasteiger partial charge in [0.15, 0.2) is 11.5 Å².